The Hall–Kier alpha value is -1.60. The van der Waals surface area contributed by atoms with E-state index in [0.717, 1.165) is 22.8 Å². The van der Waals surface area contributed by atoms with Gasteiger partial charge in [0, 0.05) is 24.9 Å². The average molecular weight is 278 g/mol. The summed E-state index contributed by atoms with van der Waals surface area (Å²) in [4.78, 5) is 8.92. The van der Waals surface area contributed by atoms with E-state index in [1.165, 1.54) is 0 Å². The third-order valence-electron chi connectivity index (χ3n) is 2.47. The molecule has 0 amide bonds. The summed E-state index contributed by atoms with van der Waals surface area (Å²) in [7, 11) is 1.88. The summed E-state index contributed by atoms with van der Waals surface area (Å²) in [5.74, 6) is 7.61. The maximum atomic E-state index is 5.46. The smallest absolute Gasteiger partial charge is 0.144 e. The van der Waals surface area contributed by atoms with Crippen molar-refractivity contribution in [1.82, 2.24) is 19.7 Å². The van der Waals surface area contributed by atoms with E-state index >= 15 is 0 Å². The monoisotopic (exact) mass is 278 g/mol. The molecule has 3 N–H and O–H groups in total. The number of aromatic nitrogens is 4. The summed E-state index contributed by atoms with van der Waals surface area (Å²) >= 11 is 1.80. The van der Waals surface area contributed by atoms with E-state index in [9.17, 15) is 0 Å². The van der Waals surface area contributed by atoms with Crippen LogP contribution in [0.25, 0.3) is 11.3 Å². The molecule has 0 unspecified atom stereocenters. The van der Waals surface area contributed by atoms with Gasteiger partial charge in [-0.25, -0.2) is 15.8 Å². The number of anilines is 1. The van der Waals surface area contributed by atoms with Crippen molar-refractivity contribution >= 4 is 17.6 Å². The molecule has 2 aromatic rings. The highest BCUT2D eigenvalue weighted by molar-refractivity contribution is 7.99. The maximum Gasteiger partial charge on any atom is 0.144 e. The van der Waals surface area contributed by atoms with Gasteiger partial charge < -0.3 is 5.43 Å². The Labute approximate surface area is 116 Å². The Morgan fingerprint density at radius 2 is 2.21 bits per heavy atom. The Balaban J connectivity index is 2.30. The first-order valence-electron chi connectivity index (χ1n) is 6.03. The van der Waals surface area contributed by atoms with E-state index < -0.39 is 0 Å². The van der Waals surface area contributed by atoms with Gasteiger partial charge in [-0.15, -0.1) is 0 Å². The summed E-state index contributed by atoms with van der Waals surface area (Å²) in [6.45, 7) is 4.30. The molecule has 0 spiro atoms. The Morgan fingerprint density at radius 3 is 2.79 bits per heavy atom. The highest BCUT2D eigenvalue weighted by Crippen LogP contribution is 2.21. The van der Waals surface area contributed by atoms with Crippen LogP contribution in [0.15, 0.2) is 18.5 Å². The van der Waals surface area contributed by atoms with Crippen LogP contribution in [0.4, 0.5) is 5.82 Å². The van der Waals surface area contributed by atoms with Crippen LogP contribution >= 0.6 is 11.8 Å². The molecular weight excluding hydrogens is 260 g/mol. The third kappa shape index (κ3) is 3.68. The van der Waals surface area contributed by atoms with Crippen LogP contribution in [-0.2, 0) is 12.8 Å². The summed E-state index contributed by atoms with van der Waals surface area (Å²) in [5, 5.41) is 4.69. The number of rotatable bonds is 5. The first-order chi connectivity index (χ1) is 9.08. The van der Waals surface area contributed by atoms with E-state index in [1.807, 2.05) is 19.3 Å². The largest absolute Gasteiger partial charge is 0.308 e. The molecule has 0 aromatic carbocycles. The maximum absolute atomic E-state index is 5.46. The molecule has 2 heterocycles. The number of hydrogen-bond acceptors (Lipinski definition) is 6. The minimum atomic E-state index is 0.542. The zero-order valence-corrected chi connectivity index (χ0v) is 12.1. The minimum absolute atomic E-state index is 0.542. The van der Waals surface area contributed by atoms with Crippen LogP contribution in [0.3, 0.4) is 0 Å². The zero-order chi connectivity index (χ0) is 13.8. The molecule has 2 aromatic heterocycles. The predicted molar refractivity (Wildman–Crippen MR) is 78.5 cm³/mol. The number of thioether (sulfide) groups is 1. The first-order valence-corrected chi connectivity index (χ1v) is 7.08. The molecule has 0 radical (unpaired) electrons. The number of aryl methyl sites for hydroxylation is 1. The molecule has 0 bridgehead atoms. The fraction of sp³-hybridized carbons (Fsp3) is 0.417. The molecule has 0 saturated heterocycles. The summed E-state index contributed by atoms with van der Waals surface area (Å²) in [6, 6.07) is 1.82. The van der Waals surface area contributed by atoms with Gasteiger partial charge in [0.05, 0.1) is 17.6 Å². The van der Waals surface area contributed by atoms with Gasteiger partial charge in [-0.1, -0.05) is 13.8 Å². The van der Waals surface area contributed by atoms with E-state index in [4.69, 9.17) is 5.84 Å². The number of nitrogens with one attached hydrogen (secondary N) is 1. The first kappa shape index (κ1) is 13.8. The van der Waals surface area contributed by atoms with Crippen molar-refractivity contribution in [3.05, 3.63) is 24.3 Å². The van der Waals surface area contributed by atoms with Crippen LogP contribution in [-0.4, -0.2) is 25.0 Å². The van der Waals surface area contributed by atoms with Gasteiger partial charge in [0.15, 0.2) is 0 Å². The lowest BCUT2D eigenvalue weighted by Crippen LogP contribution is -2.10. The second kappa shape index (κ2) is 6.03. The molecule has 0 fully saturated rings. The number of nitrogen functional groups attached to an aromatic ring is 1. The fourth-order valence-electron chi connectivity index (χ4n) is 1.58. The lowest BCUT2D eigenvalue weighted by atomic mass is 10.2. The van der Waals surface area contributed by atoms with Gasteiger partial charge in [0.25, 0.3) is 0 Å². The van der Waals surface area contributed by atoms with Crippen molar-refractivity contribution < 1.29 is 0 Å². The van der Waals surface area contributed by atoms with Gasteiger partial charge in [-0.2, -0.15) is 16.9 Å². The number of hydrazine groups is 1. The SMILES string of the molecule is CC(C)SCc1nc(NN)cc(-c2cnn(C)c2)n1. The van der Waals surface area contributed by atoms with Crippen molar-refractivity contribution in [2.24, 2.45) is 12.9 Å². The average Bonchev–Trinajstić information content (AvgIpc) is 2.82. The molecule has 0 saturated carbocycles. The van der Waals surface area contributed by atoms with E-state index in [-0.39, 0.29) is 0 Å². The van der Waals surface area contributed by atoms with Crippen LogP contribution in [0.5, 0.6) is 0 Å². The second-order valence-corrected chi connectivity index (χ2v) is 6.03. The van der Waals surface area contributed by atoms with Crippen LogP contribution < -0.4 is 11.3 Å². The zero-order valence-electron chi connectivity index (χ0n) is 11.3. The lowest BCUT2D eigenvalue weighted by Gasteiger charge is -2.08. The summed E-state index contributed by atoms with van der Waals surface area (Å²) in [5.41, 5.74) is 4.37. The minimum Gasteiger partial charge on any atom is -0.308 e. The highest BCUT2D eigenvalue weighted by atomic mass is 32.2. The number of nitrogens with two attached hydrogens (primary N) is 1. The number of hydrogen-bond donors (Lipinski definition) is 2. The normalized spacial score (nSPS) is 11.0. The van der Waals surface area contributed by atoms with Crippen LogP contribution in [0.1, 0.15) is 19.7 Å². The number of nitrogens with zero attached hydrogens (tertiary/aromatic N) is 4. The van der Waals surface area contributed by atoms with Crippen molar-refractivity contribution in [1.29, 1.82) is 0 Å². The van der Waals surface area contributed by atoms with Crippen LogP contribution in [0, 0.1) is 0 Å². The second-order valence-electron chi connectivity index (χ2n) is 4.46. The fourth-order valence-corrected chi connectivity index (χ4v) is 2.19. The molecule has 7 heteroatoms. The Bertz CT molecular complexity index is 551. The molecule has 2 rings (SSSR count). The molecule has 0 aliphatic rings. The molecule has 6 nitrogen and oxygen atoms in total. The molecule has 19 heavy (non-hydrogen) atoms. The summed E-state index contributed by atoms with van der Waals surface area (Å²) < 4.78 is 1.75. The molecule has 0 aliphatic carbocycles. The van der Waals surface area contributed by atoms with E-state index in [2.05, 4.69) is 34.3 Å². The quantitative estimate of drug-likeness (QED) is 0.641. The van der Waals surface area contributed by atoms with Crippen molar-refractivity contribution in [3.63, 3.8) is 0 Å². The standard InChI is InChI=1S/C12H18N6S/c1-8(2)19-7-12-15-10(4-11(16-12)17-13)9-5-14-18(3)6-9/h4-6,8H,7,13H2,1-3H3,(H,15,16,17). The lowest BCUT2D eigenvalue weighted by molar-refractivity contribution is 0.768. The van der Waals surface area contributed by atoms with E-state index in [0.29, 0.717) is 11.1 Å². The molecule has 102 valence electrons. The van der Waals surface area contributed by atoms with Gasteiger partial charge in [-0.3, -0.25) is 4.68 Å². The summed E-state index contributed by atoms with van der Waals surface area (Å²) in [6.07, 6.45) is 3.70. The Morgan fingerprint density at radius 1 is 1.42 bits per heavy atom. The van der Waals surface area contributed by atoms with E-state index in [1.54, 1.807) is 22.6 Å². The predicted octanol–water partition coefficient (Wildman–Crippen LogP) is 1.80. The van der Waals surface area contributed by atoms with Crippen molar-refractivity contribution in [3.8, 4) is 11.3 Å². The molecular formula is C12H18N6S. The molecule has 0 atom stereocenters. The van der Waals surface area contributed by atoms with Gasteiger partial charge >= 0.3 is 0 Å². The topological polar surface area (TPSA) is 81.6 Å². The van der Waals surface area contributed by atoms with Gasteiger partial charge in [-0.05, 0) is 5.25 Å². The Kier molecular flexibility index (Phi) is 4.39. The third-order valence-corrected chi connectivity index (χ3v) is 3.56. The van der Waals surface area contributed by atoms with Gasteiger partial charge in [0.1, 0.15) is 11.6 Å². The highest BCUT2D eigenvalue weighted by Gasteiger charge is 2.08. The van der Waals surface area contributed by atoms with Crippen LogP contribution in [0.2, 0.25) is 0 Å². The van der Waals surface area contributed by atoms with Crippen molar-refractivity contribution in [2.75, 3.05) is 5.43 Å². The van der Waals surface area contributed by atoms with Crippen molar-refractivity contribution in [2.45, 2.75) is 24.9 Å². The van der Waals surface area contributed by atoms with Gasteiger partial charge in [0.2, 0.25) is 0 Å². The molecule has 0 aliphatic heterocycles.